The topological polar surface area (TPSA) is 64.3 Å². The van der Waals surface area contributed by atoms with Gasteiger partial charge in [0.05, 0.1) is 19.1 Å². The molecule has 0 aliphatic carbocycles. The molecule has 0 spiro atoms. The molecule has 0 aliphatic heterocycles. The van der Waals surface area contributed by atoms with Gasteiger partial charge in [0.25, 0.3) is 0 Å². The second-order valence-electron chi connectivity index (χ2n) is 5.46. The molecule has 0 radical (unpaired) electrons. The van der Waals surface area contributed by atoms with Crippen LogP contribution in [0.1, 0.15) is 26.3 Å². The van der Waals surface area contributed by atoms with E-state index in [0.717, 1.165) is 5.56 Å². The Hall–Kier alpha value is -0.970. The van der Waals surface area contributed by atoms with Gasteiger partial charge in [0.1, 0.15) is 5.75 Å². The smallest absolute Gasteiger partial charge is 0.225 e. The van der Waals surface area contributed by atoms with Gasteiger partial charge in [-0.25, -0.2) is 0 Å². The van der Waals surface area contributed by atoms with E-state index in [-0.39, 0.29) is 30.7 Å². The number of halogens is 2. The number of hydrogen-bond donors (Lipinski definition) is 2. The molecule has 1 rings (SSSR count). The van der Waals surface area contributed by atoms with E-state index in [1.165, 1.54) is 0 Å². The second kappa shape index (κ2) is 8.47. The average Bonchev–Trinajstić information content (AvgIpc) is 2.38. The molecule has 1 aromatic rings. The number of nitrogens with one attached hydrogen (secondary N) is 1. The fourth-order valence-electron chi connectivity index (χ4n) is 1.85. The summed E-state index contributed by atoms with van der Waals surface area (Å²) in [6.07, 6.45) is 0.214. The van der Waals surface area contributed by atoms with Crippen molar-refractivity contribution in [2.75, 3.05) is 13.7 Å². The maximum Gasteiger partial charge on any atom is 0.225 e. The summed E-state index contributed by atoms with van der Waals surface area (Å²) >= 11 is 5.96. The van der Waals surface area contributed by atoms with Crippen LogP contribution in [0.5, 0.6) is 5.75 Å². The van der Waals surface area contributed by atoms with Crippen molar-refractivity contribution in [3.63, 3.8) is 0 Å². The summed E-state index contributed by atoms with van der Waals surface area (Å²) < 4.78 is 5.24. The highest BCUT2D eigenvalue weighted by Crippen LogP contribution is 2.23. The number of hydrogen-bond acceptors (Lipinski definition) is 3. The fraction of sp³-hybridized carbons (Fsp3) is 0.533. The molecule has 1 atom stereocenters. The van der Waals surface area contributed by atoms with Crippen molar-refractivity contribution in [1.82, 2.24) is 5.32 Å². The first-order chi connectivity index (χ1) is 9.32. The molecule has 120 valence electrons. The van der Waals surface area contributed by atoms with Crippen LogP contribution in [-0.2, 0) is 11.2 Å². The van der Waals surface area contributed by atoms with Gasteiger partial charge >= 0.3 is 0 Å². The van der Waals surface area contributed by atoms with Crippen LogP contribution in [0.2, 0.25) is 5.02 Å². The molecule has 0 saturated heterocycles. The average molecular weight is 335 g/mol. The van der Waals surface area contributed by atoms with E-state index in [9.17, 15) is 4.79 Å². The van der Waals surface area contributed by atoms with E-state index < -0.39 is 5.54 Å². The molecule has 21 heavy (non-hydrogen) atoms. The quantitative estimate of drug-likeness (QED) is 0.840. The number of benzene rings is 1. The Kier molecular flexibility index (Phi) is 8.08. The zero-order valence-corrected chi connectivity index (χ0v) is 14.5. The van der Waals surface area contributed by atoms with Crippen LogP contribution in [-0.4, -0.2) is 25.1 Å². The van der Waals surface area contributed by atoms with Gasteiger partial charge in [0.15, 0.2) is 0 Å². The van der Waals surface area contributed by atoms with Gasteiger partial charge in [0, 0.05) is 17.1 Å². The Balaban J connectivity index is 0.00000400. The third-order valence-corrected chi connectivity index (χ3v) is 3.95. The highest BCUT2D eigenvalue weighted by molar-refractivity contribution is 6.30. The standard InChI is InChI=1S/C15H23ClN2O2.ClH/c1-10(2)15(3,9-17)18-14(19)8-11-7-12(16)5-6-13(11)20-4;/h5-7,10H,8-9,17H2,1-4H3,(H,18,19);1H. The van der Waals surface area contributed by atoms with Gasteiger partial charge in [-0.1, -0.05) is 25.4 Å². The van der Waals surface area contributed by atoms with Crippen LogP contribution < -0.4 is 15.8 Å². The SMILES string of the molecule is COc1ccc(Cl)cc1CC(=O)NC(C)(CN)C(C)C.Cl. The van der Waals surface area contributed by atoms with E-state index in [1.54, 1.807) is 25.3 Å². The molecular weight excluding hydrogens is 311 g/mol. The number of amides is 1. The maximum atomic E-state index is 12.2. The van der Waals surface area contributed by atoms with E-state index in [2.05, 4.69) is 5.32 Å². The molecule has 1 amide bonds. The maximum absolute atomic E-state index is 12.2. The first-order valence-electron chi connectivity index (χ1n) is 6.66. The van der Waals surface area contributed by atoms with Crippen molar-refractivity contribution in [2.24, 2.45) is 11.7 Å². The third kappa shape index (κ3) is 5.38. The molecule has 4 nitrogen and oxygen atoms in total. The summed E-state index contributed by atoms with van der Waals surface area (Å²) in [6, 6.07) is 5.24. The Morgan fingerprint density at radius 2 is 2.10 bits per heavy atom. The summed E-state index contributed by atoms with van der Waals surface area (Å²) in [7, 11) is 1.57. The first kappa shape index (κ1) is 20.0. The summed E-state index contributed by atoms with van der Waals surface area (Å²) in [5.41, 5.74) is 6.12. The van der Waals surface area contributed by atoms with Gasteiger partial charge in [-0.2, -0.15) is 0 Å². The number of ether oxygens (including phenoxy) is 1. The van der Waals surface area contributed by atoms with Gasteiger partial charge in [-0.15, -0.1) is 12.4 Å². The van der Waals surface area contributed by atoms with Crippen molar-refractivity contribution in [3.05, 3.63) is 28.8 Å². The number of rotatable bonds is 6. The summed E-state index contributed by atoms with van der Waals surface area (Å²) in [5, 5.41) is 3.58. The van der Waals surface area contributed by atoms with Crippen molar-refractivity contribution in [3.8, 4) is 5.75 Å². The Morgan fingerprint density at radius 1 is 1.48 bits per heavy atom. The Labute approximate surface area is 137 Å². The minimum atomic E-state index is -0.414. The van der Waals surface area contributed by atoms with E-state index in [0.29, 0.717) is 17.3 Å². The van der Waals surface area contributed by atoms with E-state index in [1.807, 2.05) is 20.8 Å². The predicted molar refractivity (Wildman–Crippen MR) is 89.4 cm³/mol. The van der Waals surface area contributed by atoms with Crippen LogP contribution in [0.25, 0.3) is 0 Å². The van der Waals surface area contributed by atoms with Gasteiger partial charge < -0.3 is 15.8 Å². The molecule has 0 fully saturated rings. The molecule has 0 aromatic heterocycles. The van der Waals surface area contributed by atoms with Crippen LogP contribution in [0.3, 0.4) is 0 Å². The molecule has 0 saturated carbocycles. The number of nitrogens with two attached hydrogens (primary N) is 1. The van der Waals surface area contributed by atoms with Crippen molar-refractivity contribution in [1.29, 1.82) is 0 Å². The Morgan fingerprint density at radius 3 is 2.57 bits per heavy atom. The largest absolute Gasteiger partial charge is 0.496 e. The lowest BCUT2D eigenvalue weighted by Crippen LogP contribution is -2.55. The summed E-state index contributed by atoms with van der Waals surface area (Å²) in [5.74, 6) is 0.813. The van der Waals surface area contributed by atoms with Crippen molar-refractivity contribution >= 4 is 29.9 Å². The lowest BCUT2D eigenvalue weighted by Gasteiger charge is -2.33. The number of carbonyl (C=O) groups excluding carboxylic acids is 1. The molecule has 0 heterocycles. The third-order valence-electron chi connectivity index (χ3n) is 3.72. The first-order valence-corrected chi connectivity index (χ1v) is 7.03. The lowest BCUT2D eigenvalue weighted by atomic mass is 9.88. The minimum absolute atomic E-state index is 0. The molecule has 3 N–H and O–H groups in total. The van der Waals surface area contributed by atoms with Gasteiger partial charge in [0.2, 0.25) is 5.91 Å². The van der Waals surface area contributed by atoms with Crippen molar-refractivity contribution < 1.29 is 9.53 Å². The second-order valence-corrected chi connectivity index (χ2v) is 5.89. The van der Waals surface area contributed by atoms with Crippen LogP contribution in [0.15, 0.2) is 18.2 Å². The van der Waals surface area contributed by atoms with Gasteiger partial charge in [-0.05, 0) is 31.0 Å². The highest BCUT2D eigenvalue weighted by Gasteiger charge is 2.28. The number of methoxy groups -OCH3 is 1. The fourth-order valence-corrected chi connectivity index (χ4v) is 2.05. The highest BCUT2D eigenvalue weighted by atomic mass is 35.5. The van der Waals surface area contributed by atoms with E-state index in [4.69, 9.17) is 22.1 Å². The molecule has 0 aliphatic rings. The molecule has 0 bridgehead atoms. The molecule has 1 unspecified atom stereocenters. The van der Waals surface area contributed by atoms with Crippen LogP contribution in [0.4, 0.5) is 0 Å². The predicted octanol–water partition coefficient (Wildman–Crippen LogP) is 2.80. The lowest BCUT2D eigenvalue weighted by molar-refractivity contribution is -0.122. The van der Waals surface area contributed by atoms with Crippen LogP contribution in [0, 0.1) is 5.92 Å². The molecule has 1 aromatic carbocycles. The van der Waals surface area contributed by atoms with Crippen molar-refractivity contribution in [2.45, 2.75) is 32.7 Å². The molecule has 6 heteroatoms. The summed E-state index contributed by atoms with van der Waals surface area (Å²) in [4.78, 5) is 12.2. The monoisotopic (exact) mass is 334 g/mol. The van der Waals surface area contributed by atoms with E-state index >= 15 is 0 Å². The van der Waals surface area contributed by atoms with Crippen LogP contribution >= 0.6 is 24.0 Å². The van der Waals surface area contributed by atoms with Gasteiger partial charge in [-0.3, -0.25) is 4.79 Å². The minimum Gasteiger partial charge on any atom is -0.496 e. The normalized spacial score (nSPS) is 13.3. The molecular formula is C15H24Cl2N2O2. The Bertz CT molecular complexity index is 481. The summed E-state index contributed by atoms with van der Waals surface area (Å²) in [6.45, 7) is 6.41. The zero-order chi connectivity index (χ0) is 15.3. The zero-order valence-electron chi connectivity index (χ0n) is 12.9. The number of carbonyl (C=O) groups is 1.